The number of rotatable bonds is 3. The zero-order valence-corrected chi connectivity index (χ0v) is 9.46. The Morgan fingerprint density at radius 3 is 2.29 bits per heavy atom. The van der Waals surface area contributed by atoms with Crippen molar-refractivity contribution in [3.8, 4) is 0 Å². The van der Waals surface area contributed by atoms with Crippen molar-refractivity contribution in [1.29, 1.82) is 0 Å². The topological polar surface area (TPSA) is 0 Å². The van der Waals surface area contributed by atoms with E-state index in [1.807, 2.05) is 0 Å². The molecule has 1 aromatic rings. The average Bonchev–Trinajstić information content (AvgIpc) is 2.13. The summed E-state index contributed by atoms with van der Waals surface area (Å²) in [6, 6.07) is 10.6. The van der Waals surface area contributed by atoms with Crippen LogP contribution in [0.1, 0.15) is 32.8 Å². The van der Waals surface area contributed by atoms with E-state index in [9.17, 15) is 0 Å². The number of aryl methyl sites for hydroxylation is 1. The van der Waals surface area contributed by atoms with E-state index in [1.54, 1.807) is 0 Å². The number of allylic oxidation sites excluding steroid dienone is 2. The van der Waals surface area contributed by atoms with Gasteiger partial charge in [0.15, 0.2) is 0 Å². The minimum atomic E-state index is 0.316. The lowest BCUT2D eigenvalue weighted by Crippen LogP contribution is -1.98. The molecule has 0 aromatic heterocycles. The van der Waals surface area contributed by atoms with Crippen molar-refractivity contribution >= 4 is 0 Å². The Hall–Kier alpha value is -1.04. The van der Waals surface area contributed by atoms with Crippen LogP contribution < -0.4 is 0 Å². The zero-order valence-electron chi connectivity index (χ0n) is 9.46. The first-order valence-electron chi connectivity index (χ1n) is 5.29. The second kappa shape index (κ2) is 4.99. The van der Waals surface area contributed by atoms with E-state index >= 15 is 0 Å². The van der Waals surface area contributed by atoms with Crippen LogP contribution in [-0.2, 0) is 6.42 Å². The molecular formula is C14H20. The van der Waals surface area contributed by atoms with E-state index in [-0.39, 0.29) is 0 Å². The van der Waals surface area contributed by atoms with Crippen LogP contribution in [0.25, 0.3) is 0 Å². The minimum absolute atomic E-state index is 0.316. The van der Waals surface area contributed by atoms with Gasteiger partial charge in [-0.25, -0.2) is 0 Å². The molecule has 0 nitrogen and oxygen atoms in total. The molecule has 0 spiro atoms. The maximum absolute atomic E-state index is 2.29. The minimum Gasteiger partial charge on any atom is -0.0877 e. The first kappa shape index (κ1) is 11.0. The third-order valence-corrected chi connectivity index (χ3v) is 2.06. The highest BCUT2D eigenvalue weighted by Crippen LogP contribution is 2.15. The smallest absolute Gasteiger partial charge is 0.0203 e. The highest BCUT2D eigenvalue weighted by atomic mass is 14.1. The molecule has 76 valence electrons. The number of benzene rings is 1. The lowest BCUT2D eigenvalue weighted by molar-refractivity contribution is 0.542. The molecule has 0 bridgehead atoms. The van der Waals surface area contributed by atoms with Crippen molar-refractivity contribution in [2.45, 2.75) is 33.6 Å². The summed E-state index contributed by atoms with van der Waals surface area (Å²) in [5.41, 5.74) is 1.74. The van der Waals surface area contributed by atoms with Gasteiger partial charge in [-0.15, -0.1) is 0 Å². The Labute approximate surface area is 87.7 Å². The van der Waals surface area contributed by atoms with Gasteiger partial charge in [-0.05, 0) is 23.8 Å². The standard InChI is InChI=1S/C14H20/c1-14(2,3)12-8-7-11-13-9-5-4-6-10-13/h4-6,8-10,12H,7,11H2,1-3H3/b12-8-. The second-order valence-electron chi connectivity index (χ2n) is 4.79. The van der Waals surface area contributed by atoms with Crippen molar-refractivity contribution in [3.05, 3.63) is 48.0 Å². The molecule has 1 aromatic carbocycles. The van der Waals surface area contributed by atoms with Gasteiger partial charge in [0.25, 0.3) is 0 Å². The van der Waals surface area contributed by atoms with Gasteiger partial charge in [-0.1, -0.05) is 63.3 Å². The number of hydrogen-bond acceptors (Lipinski definition) is 0. The first-order valence-corrected chi connectivity index (χ1v) is 5.29. The molecule has 1 rings (SSSR count). The second-order valence-corrected chi connectivity index (χ2v) is 4.79. The molecule has 0 amide bonds. The van der Waals surface area contributed by atoms with Crippen molar-refractivity contribution in [2.24, 2.45) is 5.41 Å². The molecule has 0 aliphatic rings. The van der Waals surface area contributed by atoms with Crippen molar-refractivity contribution in [1.82, 2.24) is 0 Å². The van der Waals surface area contributed by atoms with Crippen molar-refractivity contribution in [2.75, 3.05) is 0 Å². The maximum atomic E-state index is 2.29. The van der Waals surface area contributed by atoms with Gasteiger partial charge in [0.05, 0.1) is 0 Å². The Morgan fingerprint density at radius 1 is 1.07 bits per heavy atom. The summed E-state index contributed by atoms with van der Waals surface area (Å²) in [7, 11) is 0. The molecule has 14 heavy (non-hydrogen) atoms. The van der Waals surface area contributed by atoms with Gasteiger partial charge in [0.2, 0.25) is 0 Å². The van der Waals surface area contributed by atoms with E-state index in [0.717, 1.165) is 12.8 Å². The molecule has 0 heteroatoms. The van der Waals surface area contributed by atoms with Crippen molar-refractivity contribution < 1.29 is 0 Å². The van der Waals surface area contributed by atoms with E-state index in [4.69, 9.17) is 0 Å². The summed E-state index contributed by atoms with van der Waals surface area (Å²) in [6.07, 6.45) is 6.86. The van der Waals surface area contributed by atoms with Crippen LogP contribution in [-0.4, -0.2) is 0 Å². The highest BCUT2D eigenvalue weighted by molar-refractivity contribution is 5.15. The lowest BCUT2D eigenvalue weighted by Gasteiger charge is -2.10. The highest BCUT2D eigenvalue weighted by Gasteiger charge is 2.02. The SMILES string of the molecule is CC(C)(C)/C=C\CCc1ccccc1. The molecule has 0 unspecified atom stereocenters. The molecule has 0 saturated carbocycles. The molecule has 0 aliphatic carbocycles. The Balaban J connectivity index is 2.33. The molecule has 0 saturated heterocycles. The van der Waals surface area contributed by atoms with Gasteiger partial charge < -0.3 is 0 Å². The summed E-state index contributed by atoms with van der Waals surface area (Å²) < 4.78 is 0. The average molecular weight is 188 g/mol. The predicted octanol–water partition coefficient (Wildman–Crippen LogP) is 4.22. The van der Waals surface area contributed by atoms with Gasteiger partial charge in [0.1, 0.15) is 0 Å². The fourth-order valence-corrected chi connectivity index (χ4v) is 1.33. The van der Waals surface area contributed by atoms with Crippen LogP contribution in [0.4, 0.5) is 0 Å². The predicted molar refractivity (Wildman–Crippen MR) is 63.4 cm³/mol. The molecule has 0 N–H and O–H groups in total. The normalized spacial score (nSPS) is 12.2. The molecular weight excluding hydrogens is 168 g/mol. The third-order valence-electron chi connectivity index (χ3n) is 2.06. The Morgan fingerprint density at radius 2 is 1.71 bits per heavy atom. The van der Waals surface area contributed by atoms with Gasteiger partial charge in [-0.2, -0.15) is 0 Å². The van der Waals surface area contributed by atoms with Gasteiger partial charge >= 0.3 is 0 Å². The number of hydrogen-bond donors (Lipinski definition) is 0. The van der Waals surface area contributed by atoms with Crippen LogP contribution in [0.2, 0.25) is 0 Å². The van der Waals surface area contributed by atoms with E-state index in [0.29, 0.717) is 5.41 Å². The van der Waals surface area contributed by atoms with Gasteiger partial charge in [0, 0.05) is 0 Å². The lowest BCUT2D eigenvalue weighted by atomic mass is 9.95. The monoisotopic (exact) mass is 188 g/mol. The summed E-state index contributed by atoms with van der Waals surface area (Å²) in [6.45, 7) is 6.68. The van der Waals surface area contributed by atoms with Gasteiger partial charge in [-0.3, -0.25) is 0 Å². The third kappa shape index (κ3) is 4.86. The van der Waals surface area contributed by atoms with E-state index in [2.05, 4.69) is 63.3 Å². The van der Waals surface area contributed by atoms with Crippen molar-refractivity contribution in [3.63, 3.8) is 0 Å². The fraction of sp³-hybridized carbons (Fsp3) is 0.429. The summed E-state index contributed by atoms with van der Waals surface area (Å²) >= 11 is 0. The maximum Gasteiger partial charge on any atom is -0.0203 e. The van der Waals surface area contributed by atoms with E-state index < -0.39 is 0 Å². The van der Waals surface area contributed by atoms with Crippen LogP contribution in [0, 0.1) is 5.41 Å². The molecule has 0 heterocycles. The van der Waals surface area contributed by atoms with Crippen LogP contribution in [0.5, 0.6) is 0 Å². The zero-order chi connectivity index (χ0) is 10.4. The quantitative estimate of drug-likeness (QED) is 0.623. The van der Waals surface area contributed by atoms with Crippen LogP contribution in [0.3, 0.4) is 0 Å². The summed E-state index contributed by atoms with van der Waals surface area (Å²) in [5, 5.41) is 0. The fourth-order valence-electron chi connectivity index (χ4n) is 1.33. The molecule has 0 aliphatic heterocycles. The van der Waals surface area contributed by atoms with E-state index in [1.165, 1.54) is 5.56 Å². The van der Waals surface area contributed by atoms with Crippen LogP contribution >= 0.6 is 0 Å². The molecule has 0 fully saturated rings. The summed E-state index contributed by atoms with van der Waals surface area (Å²) in [5.74, 6) is 0. The Kier molecular flexibility index (Phi) is 3.94. The molecule has 0 radical (unpaired) electrons. The molecule has 0 atom stereocenters. The first-order chi connectivity index (χ1) is 6.58. The Bertz CT molecular complexity index is 275. The summed E-state index contributed by atoms with van der Waals surface area (Å²) in [4.78, 5) is 0. The van der Waals surface area contributed by atoms with Crippen LogP contribution in [0.15, 0.2) is 42.5 Å². The largest absolute Gasteiger partial charge is 0.0877 e.